The minimum absolute atomic E-state index is 0.376. The van der Waals surface area contributed by atoms with Crippen LogP contribution in [0.5, 0.6) is 11.5 Å². The van der Waals surface area contributed by atoms with Crippen molar-refractivity contribution < 1.29 is 14.3 Å². The van der Waals surface area contributed by atoms with Crippen molar-refractivity contribution in [3.63, 3.8) is 0 Å². The Morgan fingerprint density at radius 2 is 1.65 bits per heavy atom. The molecule has 1 aliphatic carbocycles. The minimum atomic E-state index is -0.376. The van der Waals surface area contributed by atoms with Crippen LogP contribution in [-0.4, -0.2) is 12.6 Å². The summed E-state index contributed by atoms with van der Waals surface area (Å²) >= 11 is 3.37. The molecule has 0 N–H and O–H groups in total. The molecule has 0 heterocycles. The molecule has 2 aromatic rings. The smallest absolute Gasteiger partial charge is 0.343 e. The van der Waals surface area contributed by atoms with E-state index in [1.807, 2.05) is 24.3 Å². The number of unbranched alkanes of at least 4 members (excludes halogenated alkanes) is 2. The predicted molar refractivity (Wildman–Crippen MR) is 130 cm³/mol. The van der Waals surface area contributed by atoms with Crippen molar-refractivity contribution in [2.45, 2.75) is 58.3 Å². The lowest BCUT2D eigenvalue weighted by Crippen LogP contribution is -2.13. The highest BCUT2D eigenvalue weighted by Crippen LogP contribution is 2.32. The summed E-state index contributed by atoms with van der Waals surface area (Å²) in [6.45, 7) is 2.83. The molecule has 3 rings (SSSR count). The van der Waals surface area contributed by atoms with E-state index in [2.05, 4.69) is 35.0 Å². The molecule has 0 spiro atoms. The SMILES string of the molecule is CCCCC[C@H]1CC[C@H](/C=C/COc2ccc(C(=O)Oc3ccc(Br)cc3)cc2)CC1. The number of carbonyl (C=O) groups excluding carboxylic acids is 1. The van der Waals surface area contributed by atoms with Crippen molar-refractivity contribution in [2.24, 2.45) is 11.8 Å². The molecule has 0 atom stereocenters. The number of halogens is 1. The molecule has 0 unspecified atom stereocenters. The molecule has 0 aliphatic heterocycles. The van der Waals surface area contributed by atoms with E-state index in [0.29, 0.717) is 23.8 Å². The van der Waals surface area contributed by atoms with Crippen LogP contribution in [0.25, 0.3) is 0 Å². The fourth-order valence-corrected chi connectivity index (χ4v) is 4.36. The lowest BCUT2D eigenvalue weighted by atomic mass is 9.79. The summed E-state index contributed by atoms with van der Waals surface area (Å²) in [6, 6.07) is 14.3. The Balaban J connectivity index is 1.36. The van der Waals surface area contributed by atoms with Gasteiger partial charge in [0.1, 0.15) is 18.1 Å². The van der Waals surface area contributed by atoms with Gasteiger partial charge in [-0.05, 0) is 86.1 Å². The average molecular weight is 485 g/mol. The minimum Gasteiger partial charge on any atom is -0.490 e. The first kappa shape index (κ1) is 23.6. The van der Waals surface area contributed by atoms with Crippen molar-refractivity contribution >= 4 is 21.9 Å². The zero-order valence-corrected chi connectivity index (χ0v) is 20.0. The van der Waals surface area contributed by atoms with Gasteiger partial charge in [0.05, 0.1) is 5.56 Å². The van der Waals surface area contributed by atoms with Crippen LogP contribution in [0.2, 0.25) is 0 Å². The van der Waals surface area contributed by atoms with E-state index in [9.17, 15) is 4.79 Å². The Hall–Kier alpha value is -2.07. The quantitative estimate of drug-likeness (QED) is 0.148. The maximum Gasteiger partial charge on any atom is 0.343 e. The Bertz CT molecular complexity index is 819. The van der Waals surface area contributed by atoms with E-state index in [4.69, 9.17) is 9.47 Å². The van der Waals surface area contributed by atoms with E-state index in [-0.39, 0.29) is 5.97 Å². The molecule has 0 radical (unpaired) electrons. The molecule has 0 aromatic heterocycles. The van der Waals surface area contributed by atoms with Crippen LogP contribution in [0.3, 0.4) is 0 Å². The second-order valence-electron chi connectivity index (χ2n) is 8.38. The van der Waals surface area contributed by atoms with Crippen LogP contribution in [0, 0.1) is 11.8 Å². The van der Waals surface area contributed by atoms with Gasteiger partial charge in [-0.2, -0.15) is 0 Å². The van der Waals surface area contributed by atoms with Crippen LogP contribution in [0.4, 0.5) is 0 Å². The number of allylic oxidation sites excluding steroid dienone is 1. The molecule has 1 aliphatic rings. The number of hydrogen-bond donors (Lipinski definition) is 0. The van der Waals surface area contributed by atoms with Gasteiger partial charge >= 0.3 is 5.97 Å². The standard InChI is InChI=1S/C27H33BrO3/c1-2-3-4-6-21-8-10-22(11-9-21)7-5-20-30-25-16-12-23(13-17-25)27(29)31-26-18-14-24(28)15-19-26/h5,7,12-19,21-22H,2-4,6,8-11,20H2,1H3/b7-5+/t21-,22-. The van der Waals surface area contributed by atoms with Crippen LogP contribution < -0.4 is 9.47 Å². The third-order valence-corrected chi connectivity index (χ3v) is 6.50. The van der Waals surface area contributed by atoms with Gasteiger partial charge in [-0.3, -0.25) is 0 Å². The van der Waals surface area contributed by atoms with Gasteiger partial charge in [0.2, 0.25) is 0 Å². The second-order valence-corrected chi connectivity index (χ2v) is 9.30. The molecule has 0 amide bonds. The third kappa shape index (κ3) is 8.17. The molecule has 2 aromatic carbocycles. The molecule has 166 valence electrons. The van der Waals surface area contributed by atoms with E-state index in [0.717, 1.165) is 16.1 Å². The third-order valence-electron chi connectivity index (χ3n) is 5.98. The summed E-state index contributed by atoms with van der Waals surface area (Å²) in [4.78, 5) is 12.3. The van der Waals surface area contributed by atoms with Gasteiger partial charge in [-0.1, -0.05) is 60.7 Å². The van der Waals surface area contributed by atoms with Gasteiger partial charge in [0.25, 0.3) is 0 Å². The van der Waals surface area contributed by atoms with Crippen LogP contribution in [0.15, 0.2) is 65.2 Å². The summed E-state index contributed by atoms with van der Waals surface area (Å²) < 4.78 is 12.1. The topological polar surface area (TPSA) is 35.5 Å². The van der Waals surface area contributed by atoms with E-state index < -0.39 is 0 Å². The highest BCUT2D eigenvalue weighted by Gasteiger charge is 2.18. The van der Waals surface area contributed by atoms with E-state index in [1.165, 1.54) is 51.4 Å². The summed E-state index contributed by atoms with van der Waals surface area (Å²) in [6.07, 6.45) is 15.3. The largest absolute Gasteiger partial charge is 0.490 e. The van der Waals surface area contributed by atoms with Crippen molar-refractivity contribution in [3.8, 4) is 11.5 Å². The predicted octanol–water partition coefficient (Wildman–Crippen LogP) is 7.99. The van der Waals surface area contributed by atoms with E-state index >= 15 is 0 Å². The first-order valence-electron chi connectivity index (χ1n) is 11.5. The van der Waals surface area contributed by atoms with Gasteiger partial charge in [-0.15, -0.1) is 0 Å². The summed E-state index contributed by atoms with van der Waals surface area (Å²) in [5, 5.41) is 0. The van der Waals surface area contributed by atoms with Gasteiger partial charge in [-0.25, -0.2) is 4.79 Å². The van der Waals surface area contributed by atoms with Crippen molar-refractivity contribution in [1.82, 2.24) is 0 Å². The first-order valence-corrected chi connectivity index (χ1v) is 12.3. The zero-order valence-electron chi connectivity index (χ0n) is 18.4. The molecule has 31 heavy (non-hydrogen) atoms. The van der Waals surface area contributed by atoms with Crippen LogP contribution >= 0.6 is 15.9 Å². The number of esters is 1. The first-order chi connectivity index (χ1) is 15.1. The Morgan fingerprint density at radius 1 is 0.968 bits per heavy atom. The molecule has 0 bridgehead atoms. The molecule has 4 heteroatoms. The maximum atomic E-state index is 12.3. The average Bonchev–Trinajstić information content (AvgIpc) is 2.80. The number of ether oxygens (including phenoxy) is 2. The zero-order chi connectivity index (χ0) is 21.9. The fourth-order valence-electron chi connectivity index (χ4n) is 4.10. The van der Waals surface area contributed by atoms with Gasteiger partial charge in [0, 0.05) is 4.47 Å². The normalized spacial score (nSPS) is 18.8. The molecule has 0 saturated heterocycles. The molecular formula is C27H33BrO3. The van der Waals surface area contributed by atoms with Crippen molar-refractivity contribution in [2.75, 3.05) is 6.61 Å². The monoisotopic (exact) mass is 484 g/mol. The fraction of sp³-hybridized carbons (Fsp3) is 0.444. The molecule has 3 nitrogen and oxygen atoms in total. The van der Waals surface area contributed by atoms with Crippen LogP contribution in [0.1, 0.15) is 68.6 Å². The molecule has 1 saturated carbocycles. The van der Waals surface area contributed by atoms with Crippen LogP contribution in [-0.2, 0) is 0 Å². The van der Waals surface area contributed by atoms with Gasteiger partial charge in [0.15, 0.2) is 0 Å². The highest BCUT2D eigenvalue weighted by atomic mass is 79.9. The van der Waals surface area contributed by atoms with Crippen molar-refractivity contribution in [3.05, 3.63) is 70.7 Å². The molecule has 1 fully saturated rings. The Labute approximate surface area is 195 Å². The summed E-state index contributed by atoms with van der Waals surface area (Å²) in [5.74, 6) is 2.54. The Morgan fingerprint density at radius 3 is 2.32 bits per heavy atom. The number of hydrogen-bond acceptors (Lipinski definition) is 3. The lowest BCUT2D eigenvalue weighted by molar-refractivity contribution is 0.0734. The maximum absolute atomic E-state index is 12.3. The molecular weight excluding hydrogens is 452 g/mol. The summed E-state index contributed by atoms with van der Waals surface area (Å²) in [7, 11) is 0. The van der Waals surface area contributed by atoms with E-state index in [1.54, 1.807) is 24.3 Å². The number of rotatable bonds is 10. The Kier molecular flexibility index (Phi) is 9.67. The number of benzene rings is 2. The summed E-state index contributed by atoms with van der Waals surface area (Å²) in [5.41, 5.74) is 0.501. The van der Waals surface area contributed by atoms with Gasteiger partial charge < -0.3 is 9.47 Å². The second kappa shape index (κ2) is 12.7. The highest BCUT2D eigenvalue weighted by molar-refractivity contribution is 9.10. The lowest BCUT2D eigenvalue weighted by Gasteiger charge is -2.26. The van der Waals surface area contributed by atoms with Crippen molar-refractivity contribution in [1.29, 1.82) is 0 Å². The number of carbonyl (C=O) groups is 1.